The van der Waals surface area contributed by atoms with Gasteiger partial charge in [0.2, 0.25) is 0 Å². The second kappa shape index (κ2) is 3.25. The van der Waals surface area contributed by atoms with Gasteiger partial charge in [-0.1, -0.05) is 30.3 Å². The number of benzene rings is 1. The van der Waals surface area contributed by atoms with E-state index in [0.29, 0.717) is 0 Å². The normalized spacial score (nSPS) is 9.44. The number of rotatable bonds is 2. The molecule has 1 rings (SSSR count). The molecule has 48 valence electrons. The van der Waals surface area contributed by atoms with E-state index >= 15 is 0 Å². The quantitative estimate of drug-likeness (QED) is 0.628. The molecule has 0 bridgehead atoms. The summed E-state index contributed by atoms with van der Waals surface area (Å²) in [5, 5.41) is 0. The first-order valence-electron chi connectivity index (χ1n) is 3.17. The Balaban J connectivity index is 2.61. The fraction of sp³-hybridized carbons (Fsp3) is 0.250. The van der Waals surface area contributed by atoms with Crippen LogP contribution in [0.5, 0.6) is 0 Å². The number of hydrogen-bond donors (Lipinski definition) is 1. The molecular formula is C8H11N. The molecule has 1 aromatic rings. The summed E-state index contributed by atoms with van der Waals surface area (Å²) >= 11 is 0. The van der Waals surface area contributed by atoms with Crippen LogP contribution in [-0.4, -0.2) is 6.54 Å². The molecule has 2 N–H and O–H groups in total. The first-order chi connectivity index (χ1) is 4.43. The van der Waals surface area contributed by atoms with Crippen LogP contribution in [0.25, 0.3) is 0 Å². The molecular weight excluding hydrogens is 112 g/mol. The molecule has 0 fully saturated rings. The molecule has 0 aromatic heterocycles. The molecule has 0 saturated heterocycles. The minimum atomic E-state index is 0.740. The van der Waals surface area contributed by atoms with Crippen molar-refractivity contribution < 1.29 is 0 Å². The van der Waals surface area contributed by atoms with Crippen molar-refractivity contribution in [3.8, 4) is 0 Å². The Morgan fingerprint density at radius 2 is 1.89 bits per heavy atom. The second-order valence-corrected chi connectivity index (χ2v) is 2.02. The zero-order chi connectivity index (χ0) is 6.53. The topological polar surface area (TPSA) is 26.0 Å². The molecule has 9 heavy (non-hydrogen) atoms. The van der Waals surface area contributed by atoms with Crippen LogP contribution in [0.1, 0.15) is 5.56 Å². The summed E-state index contributed by atoms with van der Waals surface area (Å²) in [5.74, 6) is 0. The van der Waals surface area contributed by atoms with Crippen LogP contribution in [0, 0.1) is 0 Å². The maximum absolute atomic E-state index is 5.36. The third kappa shape index (κ3) is 1.86. The Hall–Kier alpha value is -0.820. The van der Waals surface area contributed by atoms with Gasteiger partial charge in [0.15, 0.2) is 0 Å². The molecule has 0 atom stereocenters. The number of nitrogens with two attached hydrogens (primary N) is 1. The SMILES string of the molecule is N[14CH2]Cc1ccccc1. The van der Waals surface area contributed by atoms with Gasteiger partial charge in [-0.05, 0) is 18.5 Å². The summed E-state index contributed by atoms with van der Waals surface area (Å²) in [6.07, 6.45) is 0.987. The van der Waals surface area contributed by atoms with Gasteiger partial charge in [0.05, 0.1) is 0 Å². The van der Waals surface area contributed by atoms with Gasteiger partial charge in [0.1, 0.15) is 0 Å². The maximum Gasteiger partial charge on any atom is -0.00367 e. The summed E-state index contributed by atoms with van der Waals surface area (Å²) in [6, 6.07) is 10.3. The second-order valence-electron chi connectivity index (χ2n) is 2.02. The Morgan fingerprint density at radius 1 is 1.22 bits per heavy atom. The highest BCUT2D eigenvalue weighted by molar-refractivity contribution is 5.14. The van der Waals surface area contributed by atoms with Crippen molar-refractivity contribution in [1.29, 1.82) is 0 Å². The minimum absolute atomic E-state index is 0.740. The summed E-state index contributed by atoms with van der Waals surface area (Å²) in [7, 11) is 0. The highest BCUT2D eigenvalue weighted by atomic mass is 15.2. The first kappa shape index (κ1) is 6.30. The van der Waals surface area contributed by atoms with Gasteiger partial charge in [-0.25, -0.2) is 0 Å². The highest BCUT2D eigenvalue weighted by Gasteiger charge is 1.84. The zero-order valence-corrected chi connectivity index (χ0v) is 5.38. The lowest BCUT2D eigenvalue weighted by Gasteiger charge is -1.93. The molecule has 0 spiro atoms. The third-order valence-electron chi connectivity index (χ3n) is 1.28. The van der Waals surface area contributed by atoms with Gasteiger partial charge in [-0.3, -0.25) is 0 Å². The van der Waals surface area contributed by atoms with Gasteiger partial charge < -0.3 is 5.73 Å². The molecule has 0 saturated carbocycles. The molecule has 0 aliphatic rings. The van der Waals surface area contributed by atoms with Gasteiger partial charge in [-0.2, -0.15) is 0 Å². The van der Waals surface area contributed by atoms with Crippen molar-refractivity contribution in [2.45, 2.75) is 6.42 Å². The monoisotopic (exact) mass is 123 g/mol. The highest BCUT2D eigenvalue weighted by Crippen LogP contribution is 1.96. The maximum atomic E-state index is 5.36. The van der Waals surface area contributed by atoms with Gasteiger partial charge >= 0.3 is 0 Å². The molecule has 1 heteroatoms. The molecule has 0 aliphatic heterocycles. The predicted octanol–water partition coefficient (Wildman–Crippen LogP) is 1.19. The smallest absolute Gasteiger partial charge is 0.00367 e. The molecule has 1 nitrogen and oxygen atoms in total. The minimum Gasteiger partial charge on any atom is -0.330 e. The molecule has 0 radical (unpaired) electrons. The van der Waals surface area contributed by atoms with Crippen LogP contribution in [-0.2, 0) is 6.42 Å². The van der Waals surface area contributed by atoms with E-state index in [9.17, 15) is 0 Å². The van der Waals surface area contributed by atoms with Crippen molar-refractivity contribution in [2.24, 2.45) is 5.73 Å². The van der Waals surface area contributed by atoms with Crippen LogP contribution in [0.2, 0.25) is 0 Å². The van der Waals surface area contributed by atoms with Gasteiger partial charge in [0, 0.05) is 0 Å². The largest absolute Gasteiger partial charge is 0.330 e. The predicted molar refractivity (Wildman–Crippen MR) is 39.2 cm³/mol. The Kier molecular flexibility index (Phi) is 2.28. The van der Waals surface area contributed by atoms with E-state index in [1.807, 2.05) is 18.2 Å². The summed E-state index contributed by atoms with van der Waals surface area (Å²) in [6.45, 7) is 0.740. The van der Waals surface area contributed by atoms with Crippen molar-refractivity contribution in [2.75, 3.05) is 6.54 Å². The van der Waals surface area contributed by atoms with E-state index in [4.69, 9.17) is 5.73 Å². The summed E-state index contributed by atoms with van der Waals surface area (Å²) < 4.78 is 0. The average molecular weight is 123 g/mol. The summed E-state index contributed by atoms with van der Waals surface area (Å²) in [4.78, 5) is 0. The average Bonchev–Trinajstić information content (AvgIpc) is 1.91. The van der Waals surface area contributed by atoms with E-state index < -0.39 is 0 Å². The van der Waals surface area contributed by atoms with E-state index in [0.717, 1.165) is 13.0 Å². The molecule has 0 unspecified atom stereocenters. The van der Waals surface area contributed by atoms with Crippen molar-refractivity contribution in [3.63, 3.8) is 0 Å². The van der Waals surface area contributed by atoms with Crippen molar-refractivity contribution in [3.05, 3.63) is 35.9 Å². The Labute approximate surface area is 55.5 Å². The van der Waals surface area contributed by atoms with Gasteiger partial charge in [0.25, 0.3) is 0 Å². The lowest BCUT2D eigenvalue weighted by molar-refractivity contribution is 0.969. The molecule has 1 aromatic carbocycles. The van der Waals surface area contributed by atoms with Crippen molar-refractivity contribution in [1.82, 2.24) is 0 Å². The summed E-state index contributed by atoms with van der Waals surface area (Å²) in [5.41, 5.74) is 6.68. The van der Waals surface area contributed by atoms with Gasteiger partial charge in [-0.15, -0.1) is 0 Å². The van der Waals surface area contributed by atoms with Crippen LogP contribution in [0.3, 0.4) is 0 Å². The first-order valence-corrected chi connectivity index (χ1v) is 3.17. The zero-order valence-electron chi connectivity index (χ0n) is 5.38. The van der Waals surface area contributed by atoms with Crippen LogP contribution >= 0.6 is 0 Å². The van der Waals surface area contributed by atoms with E-state index in [-0.39, 0.29) is 0 Å². The Morgan fingerprint density at radius 3 is 2.44 bits per heavy atom. The Bertz CT molecular complexity index is 157. The standard InChI is InChI=1S/C8H11N/c9-7-6-8-4-2-1-3-5-8/h1-5H,6-7,9H2/i7+2. The van der Waals surface area contributed by atoms with E-state index in [1.165, 1.54) is 5.56 Å². The van der Waals surface area contributed by atoms with Crippen LogP contribution in [0.15, 0.2) is 30.3 Å². The van der Waals surface area contributed by atoms with E-state index in [1.54, 1.807) is 0 Å². The molecule has 0 aliphatic carbocycles. The fourth-order valence-corrected chi connectivity index (χ4v) is 0.811. The van der Waals surface area contributed by atoms with Crippen LogP contribution < -0.4 is 5.73 Å². The lowest BCUT2D eigenvalue weighted by Crippen LogP contribution is -2.01. The van der Waals surface area contributed by atoms with Crippen molar-refractivity contribution >= 4 is 0 Å². The molecule has 0 amide bonds. The van der Waals surface area contributed by atoms with Crippen LogP contribution in [0.4, 0.5) is 0 Å². The fourth-order valence-electron chi connectivity index (χ4n) is 0.811. The van der Waals surface area contributed by atoms with E-state index in [2.05, 4.69) is 12.1 Å². The molecule has 0 heterocycles. The third-order valence-corrected chi connectivity index (χ3v) is 1.28. The lowest BCUT2D eigenvalue weighted by atomic mass is 10.2. The number of hydrogen-bond acceptors (Lipinski definition) is 1.